The summed E-state index contributed by atoms with van der Waals surface area (Å²) in [5, 5.41) is 3.27. The van der Waals surface area contributed by atoms with Gasteiger partial charge in [0.05, 0.1) is 12.1 Å². The number of carbonyl (C=O) groups is 1. The van der Waals surface area contributed by atoms with Gasteiger partial charge >= 0.3 is 0 Å². The minimum absolute atomic E-state index is 0.0842. The summed E-state index contributed by atoms with van der Waals surface area (Å²) in [6.45, 7) is 7.70. The first-order valence-corrected chi connectivity index (χ1v) is 9.94. The number of nitrogens with zero attached hydrogens (tertiary/aromatic N) is 3. The predicted octanol–water partition coefficient (Wildman–Crippen LogP) is 3.25. The van der Waals surface area contributed by atoms with Crippen LogP contribution in [0.15, 0.2) is 54.7 Å². The Bertz CT molecular complexity index is 699. The lowest BCUT2D eigenvalue weighted by atomic mass is 10.0. The molecule has 1 aromatic heterocycles. The first-order valence-electron chi connectivity index (χ1n) is 9.94. The van der Waals surface area contributed by atoms with Gasteiger partial charge in [-0.15, -0.1) is 0 Å². The molecule has 2 aromatic rings. The van der Waals surface area contributed by atoms with Crippen molar-refractivity contribution in [3.63, 3.8) is 0 Å². The molecule has 0 aliphatic carbocycles. The zero-order chi connectivity index (χ0) is 19.1. The monoisotopic (exact) mass is 366 g/mol. The molecule has 0 unspecified atom stereocenters. The summed E-state index contributed by atoms with van der Waals surface area (Å²) >= 11 is 0. The molecule has 1 saturated heterocycles. The third-order valence-electron chi connectivity index (χ3n) is 5.31. The smallest absolute Gasteiger partial charge is 0.237 e. The Hall–Kier alpha value is -2.40. The lowest BCUT2D eigenvalue weighted by Crippen LogP contribution is -2.54. The molecule has 1 aliphatic rings. The number of hydrogen-bond donors (Lipinski definition) is 1. The Morgan fingerprint density at radius 3 is 2.41 bits per heavy atom. The van der Waals surface area contributed by atoms with Crippen LogP contribution in [0.5, 0.6) is 0 Å². The molecule has 1 aliphatic heterocycles. The molecule has 0 saturated carbocycles. The second-order valence-electron chi connectivity index (χ2n) is 7.15. The fourth-order valence-electron chi connectivity index (χ4n) is 3.63. The Balaban J connectivity index is 1.55. The third kappa shape index (κ3) is 5.07. The number of rotatable bonds is 7. The zero-order valence-electron chi connectivity index (χ0n) is 16.3. The van der Waals surface area contributed by atoms with Crippen molar-refractivity contribution in [1.82, 2.24) is 15.2 Å². The van der Waals surface area contributed by atoms with Crippen LogP contribution in [-0.4, -0.2) is 48.0 Å². The van der Waals surface area contributed by atoms with Crippen molar-refractivity contribution in [2.75, 3.05) is 31.1 Å². The van der Waals surface area contributed by atoms with Crippen LogP contribution >= 0.6 is 0 Å². The summed E-state index contributed by atoms with van der Waals surface area (Å²) in [6, 6.07) is 16.2. The Morgan fingerprint density at radius 2 is 1.78 bits per heavy atom. The van der Waals surface area contributed by atoms with Crippen LogP contribution in [0, 0.1) is 0 Å². The van der Waals surface area contributed by atoms with Gasteiger partial charge in [-0.2, -0.15) is 0 Å². The summed E-state index contributed by atoms with van der Waals surface area (Å²) < 4.78 is 0. The molecular weight excluding hydrogens is 336 g/mol. The minimum Gasteiger partial charge on any atom is -0.354 e. The predicted molar refractivity (Wildman–Crippen MR) is 110 cm³/mol. The van der Waals surface area contributed by atoms with Crippen LogP contribution in [-0.2, 0) is 4.79 Å². The molecule has 1 fully saturated rings. The molecule has 0 spiro atoms. The summed E-state index contributed by atoms with van der Waals surface area (Å²) in [4.78, 5) is 21.9. The SMILES string of the molecule is CCC[C@@H](NC(=O)[C@H](C)N1CCN(c2ccccn2)CC1)c1ccccc1. The van der Waals surface area contributed by atoms with Crippen LogP contribution in [0.4, 0.5) is 5.82 Å². The normalized spacial score (nSPS) is 17.3. The van der Waals surface area contributed by atoms with Crippen molar-refractivity contribution in [3.8, 4) is 0 Å². The maximum atomic E-state index is 12.9. The number of carbonyl (C=O) groups excluding carboxylic acids is 1. The lowest BCUT2D eigenvalue weighted by Gasteiger charge is -2.38. The molecule has 1 N–H and O–H groups in total. The number of pyridine rings is 1. The fraction of sp³-hybridized carbons (Fsp3) is 0.455. The van der Waals surface area contributed by atoms with E-state index in [0.29, 0.717) is 0 Å². The first kappa shape index (κ1) is 19.4. The van der Waals surface area contributed by atoms with Crippen molar-refractivity contribution >= 4 is 11.7 Å². The lowest BCUT2D eigenvalue weighted by molar-refractivity contribution is -0.126. The molecule has 2 atom stereocenters. The molecule has 1 amide bonds. The number of anilines is 1. The van der Waals surface area contributed by atoms with Crippen LogP contribution in [0.25, 0.3) is 0 Å². The molecule has 2 heterocycles. The average Bonchev–Trinajstić information content (AvgIpc) is 2.74. The summed E-state index contributed by atoms with van der Waals surface area (Å²) in [5.41, 5.74) is 1.18. The van der Waals surface area contributed by atoms with Crippen LogP contribution in [0.3, 0.4) is 0 Å². The largest absolute Gasteiger partial charge is 0.354 e. The van der Waals surface area contributed by atoms with Gasteiger partial charge < -0.3 is 10.2 Å². The number of aromatic nitrogens is 1. The van der Waals surface area contributed by atoms with Crippen molar-refractivity contribution in [2.24, 2.45) is 0 Å². The van der Waals surface area contributed by atoms with E-state index in [1.165, 1.54) is 5.56 Å². The Labute approximate surface area is 162 Å². The van der Waals surface area contributed by atoms with Crippen molar-refractivity contribution in [2.45, 2.75) is 38.8 Å². The van der Waals surface area contributed by atoms with Gasteiger partial charge in [0.25, 0.3) is 0 Å². The van der Waals surface area contributed by atoms with Crippen molar-refractivity contribution in [3.05, 3.63) is 60.3 Å². The van der Waals surface area contributed by atoms with Gasteiger partial charge in [0.15, 0.2) is 0 Å². The van der Waals surface area contributed by atoms with Gasteiger partial charge in [0.2, 0.25) is 5.91 Å². The molecule has 0 radical (unpaired) electrons. The molecule has 1 aromatic carbocycles. The molecule has 144 valence electrons. The van der Waals surface area contributed by atoms with E-state index in [1.807, 2.05) is 49.5 Å². The minimum atomic E-state index is -0.126. The third-order valence-corrected chi connectivity index (χ3v) is 5.31. The molecule has 5 nitrogen and oxygen atoms in total. The standard InChI is InChI=1S/C22H30N4O/c1-3-9-20(19-10-5-4-6-11-19)24-22(27)18(2)25-14-16-26(17-15-25)21-12-7-8-13-23-21/h4-8,10-13,18,20H,3,9,14-17H2,1-2H3,(H,24,27)/t18-,20+/m0/s1. The second kappa shape index (κ2) is 9.51. The van der Waals surface area contributed by atoms with Crippen LogP contribution in [0.1, 0.15) is 38.3 Å². The molecule has 3 rings (SSSR count). The van der Waals surface area contributed by atoms with Gasteiger partial charge in [-0.3, -0.25) is 9.69 Å². The van der Waals surface area contributed by atoms with E-state index >= 15 is 0 Å². The average molecular weight is 367 g/mol. The highest BCUT2D eigenvalue weighted by atomic mass is 16.2. The molecule has 0 bridgehead atoms. The molecule has 27 heavy (non-hydrogen) atoms. The fourth-order valence-corrected chi connectivity index (χ4v) is 3.63. The van der Waals surface area contributed by atoms with Crippen LogP contribution in [0.2, 0.25) is 0 Å². The number of benzene rings is 1. The number of amides is 1. The van der Waals surface area contributed by atoms with E-state index in [4.69, 9.17) is 0 Å². The van der Waals surface area contributed by atoms with Gasteiger partial charge in [-0.1, -0.05) is 49.7 Å². The Morgan fingerprint density at radius 1 is 1.07 bits per heavy atom. The highest BCUT2D eigenvalue weighted by Crippen LogP contribution is 2.19. The van der Waals surface area contributed by atoms with E-state index in [1.54, 1.807) is 0 Å². The van der Waals surface area contributed by atoms with E-state index in [-0.39, 0.29) is 18.0 Å². The highest BCUT2D eigenvalue weighted by molar-refractivity contribution is 5.81. The van der Waals surface area contributed by atoms with Crippen molar-refractivity contribution in [1.29, 1.82) is 0 Å². The van der Waals surface area contributed by atoms with Gasteiger partial charge in [-0.25, -0.2) is 4.98 Å². The maximum Gasteiger partial charge on any atom is 0.237 e. The van der Waals surface area contributed by atoms with E-state index in [2.05, 4.69) is 39.2 Å². The summed E-state index contributed by atoms with van der Waals surface area (Å²) in [7, 11) is 0. The maximum absolute atomic E-state index is 12.9. The van der Waals surface area contributed by atoms with Crippen LogP contribution < -0.4 is 10.2 Å². The molecular formula is C22H30N4O. The quantitative estimate of drug-likeness (QED) is 0.817. The van der Waals surface area contributed by atoms with Gasteiger partial charge in [-0.05, 0) is 31.0 Å². The molecule has 5 heteroatoms. The van der Waals surface area contributed by atoms with Gasteiger partial charge in [0.1, 0.15) is 5.82 Å². The Kier molecular flexibility index (Phi) is 6.82. The zero-order valence-corrected chi connectivity index (χ0v) is 16.3. The van der Waals surface area contributed by atoms with Crippen molar-refractivity contribution < 1.29 is 4.79 Å². The van der Waals surface area contributed by atoms with E-state index < -0.39 is 0 Å². The topological polar surface area (TPSA) is 48.5 Å². The van der Waals surface area contributed by atoms with E-state index in [0.717, 1.165) is 44.8 Å². The number of hydrogen-bond acceptors (Lipinski definition) is 4. The highest BCUT2D eigenvalue weighted by Gasteiger charge is 2.27. The van der Waals surface area contributed by atoms with E-state index in [9.17, 15) is 4.79 Å². The second-order valence-corrected chi connectivity index (χ2v) is 7.15. The number of piperazine rings is 1. The van der Waals surface area contributed by atoms with Gasteiger partial charge in [0, 0.05) is 32.4 Å². The first-order chi connectivity index (χ1) is 13.2. The summed E-state index contributed by atoms with van der Waals surface area (Å²) in [6.07, 6.45) is 3.82. The summed E-state index contributed by atoms with van der Waals surface area (Å²) in [5.74, 6) is 1.13. The number of nitrogens with one attached hydrogen (secondary N) is 1.